The molecule has 5 nitrogen and oxygen atoms in total. The quantitative estimate of drug-likeness (QED) is 0.117. The van der Waals surface area contributed by atoms with Crippen molar-refractivity contribution in [1.82, 2.24) is 0 Å². The molecule has 0 aliphatic heterocycles. The first kappa shape index (κ1) is 29.4. The fourth-order valence-corrected chi connectivity index (χ4v) is 2.80. The Bertz CT molecular complexity index is 639. The molecule has 0 saturated carbocycles. The standard InChI is InChI=1S/C16H30O2.C11H12O3/c1-4-5-6-7-8-9-10-11-12-13-14-18-16(17)15(2)3;1-3-11(12)14-9(2)13-10-7-5-4-6-8-10/h2,4-14H2,1,3H3;3-9H,1H2,2H3. The van der Waals surface area contributed by atoms with E-state index in [1.54, 1.807) is 26.0 Å². The molecule has 5 heteroatoms. The largest absolute Gasteiger partial charge is 0.462 e. The molecule has 1 aromatic carbocycles. The summed E-state index contributed by atoms with van der Waals surface area (Å²) in [5.41, 5.74) is 0.488. The molecular formula is C27H42O5. The molecule has 0 fully saturated rings. The Morgan fingerprint density at radius 1 is 0.938 bits per heavy atom. The molecule has 1 rings (SSSR count). The van der Waals surface area contributed by atoms with Crippen molar-refractivity contribution in [2.45, 2.75) is 91.3 Å². The second kappa shape index (κ2) is 20.3. The van der Waals surface area contributed by atoms with Gasteiger partial charge in [0, 0.05) is 18.6 Å². The van der Waals surface area contributed by atoms with Crippen molar-refractivity contribution in [3.63, 3.8) is 0 Å². The molecule has 0 N–H and O–H groups in total. The lowest BCUT2D eigenvalue weighted by Crippen LogP contribution is -2.19. The molecule has 32 heavy (non-hydrogen) atoms. The first-order chi connectivity index (χ1) is 15.4. The van der Waals surface area contributed by atoms with Gasteiger partial charge in [-0.2, -0.15) is 0 Å². The number of esters is 2. The van der Waals surface area contributed by atoms with Crippen molar-refractivity contribution < 1.29 is 23.8 Å². The molecule has 0 aromatic heterocycles. The number of para-hydroxylation sites is 1. The van der Waals surface area contributed by atoms with E-state index in [1.165, 1.54) is 57.8 Å². The maximum Gasteiger partial charge on any atom is 0.333 e. The van der Waals surface area contributed by atoms with Gasteiger partial charge in [-0.3, -0.25) is 0 Å². The summed E-state index contributed by atoms with van der Waals surface area (Å²) in [4.78, 5) is 21.9. The van der Waals surface area contributed by atoms with Crippen LogP contribution in [0.2, 0.25) is 0 Å². The lowest BCUT2D eigenvalue weighted by atomic mass is 10.1. The Labute approximate surface area is 194 Å². The van der Waals surface area contributed by atoms with Crippen LogP contribution in [0.15, 0.2) is 55.1 Å². The molecule has 180 valence electrons. The van der Waals surface area contributed by atoms with E-state index in [4.69, 9.17) is 14.2 Å². The minimum absolute atomic E-state index is 0.258. The van der Waals surface area contributed by atoms with Gasteiger partial charge in [-0.25, -0.2) is 9.59 Å². The summed E-state index contributed by atoms with van der Waals surface area (Å²) in [6.45, 7) is 13.0. The van der Waals surface area contributed by atoms with Gasteiger partial charge < -0.3 is 14.2 Å². The second-order valence-electron chi connectivity index (χ2n) is 7.74. The molecule has 0 aliphatic rings. The minimum Gasteiger partial charge on any atom is -0.462 e. The van der Waals surface area contributed by atoms with Gasteiger partial charge in [-0.1, -0.05) is 96.1 Å². The highest BCUT2D eigenvalue weighted by atomic mass is 16.7. The Balaban J connectivity index is 0.000000618. The number of benzene rings is 1. The van der Waals surface area contributed by atoms with Gasteiger partial charge in [-0.15, -0.1) is 0 Å². The molecule has 0 aliphatic carbocycles. The lowest BCUT2D eigenvalue weighted by Gasteiger charge is -2.13. The Kier molecular flexibility index (Phi) is 18.7. The predicted octanol–water partition coefficient (Wildman–Crippen LogP) is 7.17. The van der Waals surface area contributed by atoms with E-state index in [0.29, 0.717) is 17.9 Å². The van der Waals surface area contributed by atoms with Crippen molar-refractivity contribution in [1.29, 1.82) is 0 Å². The number of unbranched alkanes of at least 4 members (excludes halogenated alkanes) is 9. The molecule has 0 saturated heterocycles. The number of carbonyl (C=O) groups excluding carboxylic acids is 2. The van der Waals surface area contributed by atoms with Crippen LogP contribution in [0.5, 0.6) is 5.75 Å². The Hall–Kier alpha value is -2.56. The molecule has 0 bridgehead atoms. The molecule has 0 amide bonds. The summed E-state index contributed by atoms with van der Waals surface area (Å²) in [7, 11) is 0. The number of hydrogen-bond donors (Lipinski definition) is 0. The fraction of sp³-hybridized carbons (Fsp3) is 0.556. The van der Waals surface area contributed by atoms with Crippen molar-refractivity contribution >= 4 is 11.9 Å². The van der Waals surface area contributed by atoms with E-state index in [-0.39, 0.29) is 5.97 Å². The molecule has 1 unspecified atom stereocenters. The summed E-state index contributed by atoms with van der Waals surface area (Å²) < 4.78 is 15.2. The first-order valence-corrected chi connectivity index (χ1v) is 11.8. The van der Waals surface area contributed by atoms with Gasteiger partial charge in [0.05, 0.1) is 6.61 Å². The number of rotatable bonds is 16. The van der Waals surface area contributed by atoms with Crippen molar-refractivity contribution in [2.75, 3.05) is 6.61 Å². The highest BCUT2D eigenvalue weighted by Gasteiger charge is 2.06. The summed E-state index contributed by atoms with van der Waals surface area (Å²) in [5.74, 6) is -0.0868. The van der Waals surface area contributed by atoms with Crippen molar-refractivity contribution in [3.8, 4) is 5.75 Å². The third-order valence-corrected chi connectivity index (χ3v) is 4.57. The van der Waals surface area contributed by atoms with Crippen LogP contribution in [0.1, 0.15) is 85.0 Å². The van der Waals surface area contributed by atoms with E-state index < -0.39 is 12.3 Å². The van der Waals surface area contributed by atoms with E-state index in [9.17, 15) is 9.59 Å². The lowest BCUT2D eigenvalue weighted by molar-refractivity contribution is -0.155. The summed E-state index contributed by atoms with van der Waals surface area (Å²) in [6, 6.07) is 9.15. The smallest absolute Gasteiger partial charge is 0.333 e. The van der Waals surface area contributed by atoms with Crippen LogP contribution in [0.3, 0.4) is 0 Å². The van der Waals surface area contributed by atoms with Gasteiger partial charge in [-0.05, 0) is 25.5 Å². The maximum absolute atomic E-state index is 11.1. The predicted molar refractivity (Wildman–Crippen MR) is 130 cm³/mol. The Morgan fingerprint density at radius 3 is 1.97 bits per heavy atom. The van der Waals surface area contributed by atoms with Gasteiger partial charge in [0.1, 0.15) is 5.75 Å². The molecule has 1 atom stereocenters. The summed E-state index contributed by atoms with van der Waals surface area (Å²) in [5, 5.41) is 0. The SMILES string of the molecule is C=C(C)C(=O)OCCCCCCCCCCCC.C=CC(=O)OC(C)Oc1ccccc1. The average Bonchev–Trinajstić information content (AvgIpc) is 2.78. The van der Waals surface area contributed by atoms with Gasteiger partial charge in [0.2, 0.25) is 6.29 Å². The number of hydrogen-bond acceptors (Lipinski definition) is 5. The van der Waals surface area contributed by atoms with E-state index in [1.807, 2.05) is 18.2 Å². The molecular weight excluding hydrogens is 404 g/mol. The normalized spacial score (nSPS) is 10.8. The van der Waals surface area contributed by atoms with Gasteiger partial charge in [0.15, 0.2) is 0 Å². The van der Waals surface area contributed by atoms with E-state index in [0.717, 1.165) is 12.5 Å². The zero-order valence-electron chi connectivity index (χ0n) is 20.3. The second-order valence-corrected chi connectivity index (χ2v) is 7.74. The van der Waals surface area contributed by atoms with Crippen LogP contribution in [0.25, 0.3) is 0 Å². The van der Waals surface area contributed by atoms with Crippen LogP contribution in [0.4, 0.5) is 0 Å². The third kappa shape index (κ3) is 18.2. The van der Waals surface area contributed by atoms with Crippen LogP contribution < -0.4 is 4.74 Å². The van der Waals surface area contributed by atoms with E-state index >= 15 is 0 Å². The van der Waals surface area contributed by atoms with E-state index in [2.05, 4.69) is 20.1 Å². The van der Waals surface area contributed by atoms with Gasteiger partial charge >= 0.3 is 11.9 Å². The number of carbonyl (C=O) groups is 2. The average molecular weight is 447 g/mol. The fourth-order valence-electron chi connectivity index (χ4n) is 2.80. The van der Waals surface area contributed by atoms with Crippen LogP contribution in [-0.2, 0) is 19.1 Å². The summed E-state index contributed by atoms with van der Waals surface area (Å²) >= 11 is 0. The van der Waals surface area contributed by atoms with Crippen LogP contribution in [0, 0.1) is 0 Å². The van der Waals surface area contributed by atoms with Gasteiger partial charge in [0.25, 0.3) is 0 Å². The molecule has 0 radical (unpaired) electrons. The summed E-state index contributed by atoms with van der Waals surface area (Å²) in [6.07, 6.45) is 13.5. The van der Waals surface area contributed by atoms with Crippen LogP contribution in [-0.4, -0.2) is 24.8 Å². The van der Waals surface area contributed by atoms with Crippen molar-refractivity contribution in [2.24, 2.45) is 0 Å². The number of ether oxygens (including phenoxy) is 3. The Morgan fingerprint density at radius 2 is 1.47 bits per heavy atom. The monoisotopic (exact) mass is 446 g/mol. The maximum atomic E-state index is 11.1. The first-order valence-electron chi connectivity index (χ1n) is 11.8. The zero-order valence-corrected chi connectivity index (χ0v) is 20.3. The third-order valence-electron chi connectivity index (χ3n) is 4.57. The molecule has 1 aromatic rings. The molecule has 0 heterocycles. The van der Waals surface area contributed by atoms with Crippen molar-refractivity contribution in [3.05, 3.63) is 55.1 Å². The zero-order chi connectivity index (χ0) is 24.0. The highest BCUT2D eigenvalue weighted by molar-refractivity contribution is 5.86. The minimum atomic E-state index is -0.608. The van der Waals surface area contributed by atoms with Crippen LogP contribution >= 0.6 is 0 Å². The molecule has 0 spiro atoms. The topological polar surface area (TPSA) is 61.8 Å². The highest BCUT2D eigenvalue weighted by Crippen LogP contribution is 2.12.